The van der Waals surface area contributed by atoms with Crippen LogP contribution in [0.3, 0.4) is 0 Å². The van der Waals surface area contributed by atoms with Crippen LogP contribution < -0.4 is 0 Å². The van der Waals surface area contributed by atoms with Gasteiger partial charge in [-0.1, -0.05) is 21.6 Å². The Morgan fingerprint density at radius 2 is 2.57 bits per heavy atom. The van der Waals surface area contributed by atoms with Crippen LogP contribution in [0, 0.1) is 0 Å². The first-order valence-corrected chi connectivity index (χ1v) is 4.71. The van der Waals surface area contributed by atoms with Crippen LogP contribution in [0.25, 0.3) is 0 Å². The van der Waals surface area contributed by atoms with Gasteiger partial charge in [-0.15, -0.1) is 0 Å². The van der Waals surface area contributed by atoms with Crippen LogP contribution in [0.5, 0.6) is 0 Å². The molecule has 0 bridgehead atoms. The number of aliphatic hydroxyl groups excluding tert-OH is 1. The van der Waals surface area contributed by atoms with Crippen LogP contribution in [0.4, 0.5) is 0 Å². The molecule has 7 heavy (non-hydrogen) atoms. The summed E-state index contributed by atoms with van der Waals surface area (Å²) in [7, 11) is 3.67. The molecule has 1 atom stereocenters. The fraction of sp³-hybridized carbons (Fsp3) is 1.00. The van der Waals surface area contributed by atoms with E-state index in [-0.39, 0.29) is 0 Å². The Bertz CT molecular complexity index is 51.7. The molecule has 0 aromatic heterocycles. The average molecular weight is 136 g/mol. The summed E-state index contributed by atoms with van der Waals surface area (Å²) in [6.07, 6.45) is 1.19. The highest BCUT2D eigenvalue weighted by atomic mass is 33.1. The summed E-state index contributed by atoms with van der Waals surface area (Å²) in [6, 6.07) is 0. The standard InChI is InChI=1S/C4H8OS2/c5-3-4-1-2-6-7-4/h4-5H,1-3H2. The highest BCUT2D eigenvalue weighted by molar-refractivity contribution is 8.77. The van der Waals surface area contributed by atoms with Crippen molar-refractivity contribution in [3.05, 3.63) is 0 Å². The van der Waals surface area contributed by atoms with E-state index >= 15 is 0 Å². The molecular weight excluding hydrogens is 128 g/mol. The zero-order chi connectivity index (χ0) is 5.11. The molecule has 1 heterocycles. The van der Waals surface area contributed by atoms with Crippen molar-refractivity contribution >= 4 is 21.6 Å². The van der Waals surface area contributed by atoms with E-state index in [0.717, 1.165) is 0 Å². The van der Waals surface area contributed by atoms with E-state index in [1.807, 2.05) is 21.6 Å². The number of aliphatic hydroxyl groups is 1. The minimum Gasteiger partial charge on any atom is -0.395 e. The molecule has 1 aliphatic rings. The lowest BCUT2D eigenvalue weighted by Gasteiger charge is -1.96. The van der Waals surface area contributed by atoms with E-state index in [4.69, 9.17) is 5.11 Å². The number of hydrogen-bond acceptors (Lipinski definition) is 3. The second-order valence-electron chi connectivity index (χ2n) is 1.51. The summed E-state index contributed by atoms with van der Waals surface area (Å²) in [4.78, 5) is 0. The van der Waals surface area contributed by atoms with Gasteiger partial charge in [-0.05, 0) is 6.42 Å². The summed E-state index contributed by atoms with van der Waals surface area (Å²) in [6.45, 7) is 0.359. The van der Waals surface area contributed by atoms with Gasteiger partial charge < -0.3 is 5.11 Å². The highest BCUT2D eigenvalue weighted by Crippen LogP contribution is 2.36. The van der Waals surface area contributed by atoms with Gasteiger partial charge in [-0.2, -0.15) is 0 Å². The summed E-state index contributed by atoms with van der Waals surface area (Å²) < 4.78 is 0. The zero-order valence-corrected chi connectivity index (χ0v) is 5.60. The topological polar surface area (TPSA) is 20.2 Å². The Kier molecular flexibility index (Phi) is 2.35. The first-order chi connectivity index (χ1) is 3.43. The lowest BCUT2D eigenvalue weighted by atomic mass is 10.3. The van der Waals surface area contributed by atoms with E-state index < -0.39 is 0 Å². The fourth-order valence-corrected chi connectivity index (χ4v) is 3.21. The molecule has 1 unspecified atom stereocenters. The van der Waals surface area contributed by atoms with E-state index in [1.54, 1.807) is 0 Å². The van der Waals surface area contributed by atoms with Crippen molar-refractivity contribution in [1.29, 1.82) is 0 Å². The third kappa shape index (κ3) is 1.55. The van der Waals surface area contributed by atoms with Gasteiger partial charge >= 0.3 is 0 Å². The summed E-state index contributed by atoms with van der Waals surface area (Å²) in [5.74, 6) is 1.22. The molecule has 0 radical (unpaired) electrons. The van der Waals surface area contributed by atoms with Gasteiger partial charge in [0.1, 0.15) is 0 Å². The van der Waals surface area contributed by atoms with Crippen molar-refractivity contribution in [2.45, 2.75) is 11.7 Å². The molecule has 0 saturated carbocycles. The predicted molar refractivity (Wildman–Crippen MR) is 35.5 cm³/mol. The molecule has 1 N–H and O–H groups in total. The molecule has 42 valence electrons. The lowest BCUT2D eigenvalue weighted by molar-refractivity contribution is 0.294. The smallest absolute Gasteiger partial charge is 0.0558 e. The molecular formula is C4H8OS2. The quantitative estimate of drug-likeness (QED) is 0.546. The Hall–Kier alpha value is 0.660. The van der Waals surface area contributed by atoms with Crippen LogP contribution in [-0.4, -0.2) is 22.7 Å². The van der Waals surface area contributed by atoms with Crippen LogP contribution in [0.1, 0.15) is 6.42 Å². The molecule has 0 aromatic rings. The Labute approximate surface area is 51.3 Å². The van der Waals surface area contributed by atoms with Crippen LogP contribution in [-0.2, 0) is 0 Å². The molecule has 0 spiro atoms. The third-order valence-electron chi connectivity index (χ3n) is 0.931. The minimum absolute atomic E-state index is 0.359. The molecule has 1 nitrogen and oxygen atoms in total. The van der Waals surface area contributed by atoms with Gasteiger partial charge in [-0.25, -0.2) is 0 Å². The van der Waals surface area contributed by atoms with Gasteiger partial charge in [-0.3, -0.25) is 0 Å². The monoisotopic (exact) mass is 136 g/mol. The van der Waals surface area contributed by atoms with Crippen molar-refractivity contribution in [2.75, 3.05) is 12.4 Å². The van der Waals surface area contributed by atoms with Crippen molar-refractivity contribution < 1.29 is 5.11 Å². The van der Waals surface area contributed by atoms with Crippen LogP contribution in [0.2, 0.25) is 0 Å². The SMILES string of the molecule is OCC1CCSS1. The molecule has 1 rings (SSSR count). The van der Waals surface area contributed by atoms with E-state index in [2.05, 4.69) is 0 Å². The predicted octanol–water partition coefficient (Wildman–Crippen LogP) is 1.13. The fourth-order valence-electron chi connectivity index (χ4n) is 0.494. The van der Waals surface area contributed by atoms with Crippen molar-refractivity contribution in [3.63, 3.8) is 0 Å². The Morgan fingerprint density at radius 3 is 2.86 bits per heavy atom. The van der Waals surface area contributed by atoms with E-state index in [9.17, 15) is 0 Å². The summed E-state index contributed by atoms with van der Waals surface area (Å²) in [5.41, 5.74) is 0. The largest absolute Gasteiger partial charge is 0.395 e. The molecule has 0 amide bonds. The Balaban J connectivity index is 2.14. The summed E-state index contributed by atoms with van der Waals surface area (Å²) >= 11 is 0. The molecule has 1 aliphatic heterocycles. The van der Waals surface area contributed by atoms with Gasteiger partial charge in [0.15, 0.2) is 0 Å². The molecule has 1 saturated heterocycles. The highest BCUT2D eigenvalue weighted by Gasteiger charge is 2.13. The molecule has 0 aliphatic carbocycles. The first kappa shape index (κ1) is 5.79. The van der Waals surface area contributed by atoms with Crippen molar-refractivity contribution in [3.8, 4) is 0 Å². The zero-order valence-electron chi connectivity index (χ0n) is 3.96. The minimum atomic E-state index is 0.359. The van der Waals surface area contributed by atoms with Crippen molar-refractivity contribution in [1.82, 2.24) is 0 Å². The van der Waals surface area contributed by atoms with Crippen molar-refractivity contribution in [2.24, 2.45) is 0 Å². The van der Waals surface area contributed by atoms with Gasteiger partial charge in [0.25, 0.3) is 0 Å². The van der Waals surface area contributed by atoms with E-state index in [1.165, 1.54) is 12.2 Å². The van der Waals surface area contributed by atoms with Gasteiger partial charge in [0, 0.05) is 11.0 Å². The van der Waals surface area contributed by atoms with E-state index in [0.29, 0.717) is 11.9 Å². The Morgan fingerprint density at radius 1 is 1.71 bits per heavy atom. The maximum Gasteiger partial charge on any atom is 0.0558 e. The molecule has 1 fully saturated rings. The second kappa shape index (κ2) is 2.84. The van der Waals surface area contributed by atoms with Crippen LogP contribution in [0.15, 0.2) is 0 Å². The maximum absolute atomic E-state index is 8.53. The third-order valence-corrected chi connectivity index (χ3v) is 3.85. The summed E-state index contributed by atoms with van der Waals surface area (Å²) in [5, 5.41) is 9.06. The number of rotatable bonds is 1. The van der Waals surface area contributed by atoms with Gasteiger partial charge in [0.05, 0.1) is 6.61 Å². The molecule has 3 heteroatoms. The second-order valence-corrected chi connectivity index (χ2v) is 4.30. The lowest BCUT2D eigenvalue weighted by Crippen LogP contribution is -2.01. The number of hydrogen-bond donors (Lipinski definition) is 1. The molecule has 0 aromatic carbocycles. The first-order valence-electron chi connectivity index (χ1n) is 2.32. The van der Waals surface area contributed by atoms with Gasteiger partial charge in [0.2, 0.25) is 0 Å². The maximum atomic E-state index is 8.53. The normalized spacial score (nSPS) is 31.3. The van der Waals surface area contributed by atoms with Crippen LogP contribution >= 0.6 is 21.6 Å². The average Bonchev–Trinajstić information content (AvgIpc) is 2.14.